The third-order valence-corrected chi connectivity index (χ3v) is 4.56. The van der Waals surface area contributed by atoms with Gasteiger partial charge in [-0.2, -0.15) is 15.0 Å². The molecular formula is C24H30N6. The molecule has 0 amide bonds. The van der Waals surface area contributed by atoms with Crippen molar-refractivity contribution in [2.45, 2.75) is 47.6 Å². The van der Waals surface area contributed by atoms with Gasteiger partial charge in [-0.25, -0.2) is 0 Å². The minimum atomic E-state index is 0.205. The van der Waals surface area contributed by atoms with Crippen molar-refractivity contribution < 1.29 is 0 Å². The van der Waals surface area contributed by atoms with Crippen LogP contribution in [0, 0.1) is 20.8 Å². The normalized spacial score (nSPS) is 11.2. The van der Waals surface area contributed by atoms with E-state index in [1.807, 2.05) is 19.1 Å². The van der Waals surface area contributed by atoms with Crippen molar-refractivity contribution in [3.8, 4) is 0 Å². The minimum absolute atomic E-state index is 0.205. The second kappa shape index (κ2) is 9.39. The second-order valence-electron chi connectivity index (χ2n) is 7.75. The Labute approximate surface area is 178 Å². The quantitative estimate of drug-likeness (QED) is 0.441. The molecule has 0 aliphatic rings. The summed E-state index contributed by atoms with van der Waals surface area (Å²) >= 11 is 0. The lowest BCUT2D eigenvalue weighted by Crippen LogP contribution is -2.15. The van der Waals surface area contributed by atoms with E-state index >= 15 is 0 Å². The maximum atomic E-state index is 4.59. The maximum absolute atomic E-state index is 4.59. The zero-order valence-electron chi connectivity index (χ0n) is 18.5. The number of aromatic nitrogens is 3. The highest BCUT2D eigenvalue weighted by molar-refractivity contribution is 5.64. The Bertz CT molecular complexity index is 1060. The van der Waals surface area contributed by atoms with Crippen LogP contribution in [-0.4, -0.2) is 21.0 Å². The van der Waals surface area contributed by atoms with Gasteiger partial charge in [0.05, 0.1) is 0 Å². The Morgan fingerprint density at radius 2 is 1.50 bits per heavy atom. The fraction of sp³-hybridized carbons (Fsp3) is 0.292. The number of hydrogen-bond acceptors (Lipinski definition) is 6. The molecule has 0 saturated carbocycles. The van der Waals surface area contributed by atoms with Gasteiger partial charge in [0.15, 0.2) is 0 Å². The summed E-state index contributed by atoms with van der Waals surface area (Å²) in [5, 5.41) is 9.92. The van der Waals surface area contributed by atoms with E-state index in [0.717, 1.165) is 16.9 Å². The van der Waals surface area contributed by atoms with Gasteiger partial charge >= 0.3 is 0 Å². The molecule has 1 heterocycles. The SMILES string of the molecule is C/C=C/c1ccc(Nc2nc(Nc3cc(C)ccc3C)nc(NC(C)C)n2)cc1C. The van der Waals surface area contributed by atoms with Gasteiger partial charge in [-0.3, -0.25) is 0 Å². The monoisotopic (exact) mass is 402 g/mol. The average Bonchev–Trinajstić information content (AvgIpc) is 2.66. The Morgan fingerprint density at radius 1 is 0.800 bits per heavy atom. The van der Waals surface area contributed by atoms with E-state index in [4.69, 9.17) is 0 Å². The Kier molecular flexibility index (Phi) is 6.67. The molecule has 0 unspecified atom stereocenters. The second-order valence-corrected chi connectivity index (χ2v) is 7.75. The molecule has 2 aromatic carbocycles. The highest BCUT2D eigenvalue weighted by Crippen LogP contribution is 2.23. The van der Waals surface area contributed by atoms with Crippen LogP contribution < -0.4 is 16.0 Å². The summed E-state index contributed by atoms with van der Waals surface area (Å²) in [6, 6.07) is 12.7. The van der Waals surface area contributed by atoms with Gasteiger partial charge in [-0.05, 0) is 82.0 Å². The molecule has 3 rings (SSSR count). The molecule has 0 radical (unpaired) electrons. The first-order chi connectivity index (χ1) is 14.3. The summed E-state index contributed by atoms with van der Waals surface area (Å²) < 4.78 is 0. The van der Waals surface area contributed by atoms with Crippen molar-refractivity contribution >= 4 is 35.3 Å². The van der Waals surface area contributed by atoms with Crippen molar-refractivity contribution in [2.24, 2.45) is 0 Å². The molecule has 0 aliphatic carbocycles. The summed E-state index contributed by atoms with van der Waals surface area (Å²) in [6.07, 6.45) is 4.13. The van der Waals surface area contributed by atoms with Gasteiger partial charge in [-0.1, -0.05) is 30.4 Å². The van der Waals surface area contributed by atoms with Crippen LogP contribution in [0.5, 0.6) is 0 Å². The van der Waals surface area contributed by atoms with E-state index in [1.165, 1.54) is 16.7 Å². The number of nitrogens with zero attached hydrogens (tertiary/aromatic N) is 3. The zero-order chi connectivity index (χ0) is 21.7. The van der Waals surface area contributed by atoms with E-state index in [1.54, 1.807) is 0 Å². The molecule has 3 aromatic rings. The molecule has 1 aromatic heterocycles. The summed E-state index contributed by atoms with van der Waals surface area (Å²) in [5.74, 6) is 1.50. The lowest BCUT2D eigenvalue weighted by Gasteiger charge is -2.14. The van der Waals surface area contributed by atoms with Gasteiger partial charge in [0.25, 0.3) is 0 Å². The van der Waals surface area contributed by atoms with Crippen LogP contribution in [0.3, 0.4) is 0 Å². The number of rotatable bonds is 7. The predicted molar refractivity (Wildman–Crippen MR) is 127 cm³/mol. The maximum Gasteiger partial charge on any atom is 0.233 e. The largest absolute Gasteiger partial charge is 0.352 e. The summed E-state index contributed by atoms with van der Waals surface area (Å²) in [5.41, 5.74) is 6.59. The highest BCUT2D eigenvalue weighted by atomic mass is 15.3. The molecule has 30 heavy (non-hydrogen) atoms. The van der Waals surface area contributed by atoms with Gasteiger partial charge in [0, 0.05) is 17.4 Å². The first kappa shape index (κ1) is 21.3. The van der Waals surface area contributed by atoms with E-state index in [9.17, 15) is 0 Å². The first-order valence-electron chi connectivity index (χ1n) is 10.2. The van der Waals surface area contributed by atoms with Crippen molar-refractivity contribution in [3.05, 3.63) is 64.7 Å². The molecule has 0 bridgehead atoms. The topological polar surface area (TPSA) is 74.8 Å². The Balaban J connectivity index is 1.92. The molecule has 6 nitrogen and oxygen atoms in total. The lowest BCUT2D eigenvalue weighted by molar-refractivity contribution is 0.869. The van der Waals surface area contributed by atoms with Crippen LogP contribution in [0.1, 0.15) is 43.0 Å². The fourth-order valence-corrected chi connectivity index (χ4v) is 3.05. The van der Waals surface area contributed by atoms with Crippen molar-refractivity contribution in [3.63, 3.8) is 0 Å². The summed E-state index contributed by atoms with van der Waals surface area (Å²) in [6.45, 7) is 12.3. The number of aryl methyl sites for hydroxylation is 3. The van der Waals surface area contributed by atoms with Gasteiger partial charge < -0.3 is 16.0 Å². The first-order valence-corrected chi connectivity index (χ1v) is 10.2. The molecule has 0 spiro atoms. The van der Waals surface area contributed by atoms with Crippen LogP contribution in [0.4, 0.5) is 29.2 Å². The standard InChI is InChI=1S/C24H30N6/c1-7-8-19-11-12-20(14-18(19)6)26-23-28-22(25-15(2)3)29-24(30-23)27-21-13-16(4)9-10-17(21)5/h7-15H,1-6H3,(H3,25,26,27,28,29,30)/b8-7+. The van der Waals surface area contributed by atoms with Crippen LogP contribution in [0.2, 0.25) is 0 Å². The van der Waals surface area contributed by atoms with Crippen LogP contribution in [0.25, 0.3) is 6.08 Å². The van der Waals surface area contributed by atoms with Gasteiger partial charge in [0.2, 0.25) is 17.8 Å². The third kappa shape index (κ3) is 5.56. The van der Waals surface area contributed by atoms with E-state index in [0.29, 0.717) is 17.8 Å². The van der Waals surface area contributed by atoms with E-state index in [-0.39, 0.29) is 6.04 Å². The van der Waals surface area contributed by atoms with Crippen LogP contribution in [0.15, 0.2) is 42.5 Å². The molecule has 156 valence electrons. The van der Waals surface area contributed by atoms with Gasteiger partial charge in [-0.15, -0.1) is 0 Å². The number of nitrogens with one attached hydrogen (secondary N) is 3. The number of allylic oxidation sites excluding steroid dienone is 1. The number of hydrogen-bond donors (Lipinski definition) is 3. The molecule has 0 saturated heterocycles. The summed E-state index contributed by atoms with van der Waals surface area (Å²) in [4.78, 5) is 13.7. The van der Waals surface area contributed by atoms with Crippen molar-refractivity contribution in [2.75, 3.05) is 16.0 Å². The predicted octanol–water partition coefficient (Wildman–Crippen LogP) is 6.14. The van der Waals surface area contributed by atoms with E-state index in [2.05, 4.69) is 102 Å². The summed E-state index contributed by atoms with van der Waals surface area (Å²) in [7, 11) is 0. The lowest BCUT2D eigenvalue weighted by atomic mass is 10.1. The number of anilines is 5. The molecular weight excluding hydrogens is 372 g/mol. The molecule has 0 atom stereocenters. The number of benzene rings is 2. The zero-order valence-corrected chi connectivity index (χ0v) is 18.5. The van der Waals surface area contributed by atoms with Crippen LogP contribution >= 0.6 is 0 Å². The Morgan fingerprint density at radius 3 is 2.17 bits per heavy atom. The third-order valence-electron chi connectivity index (χ3n) is 4.56. The fourth-order valence-electron chi connectivity index (χ4n) is 3.05. The van der Waals surface area contributed by atoms with Gasteiger partial charge in [0.1, 0.15) is 0 Å². The molecule has 0 aliphatic heterocycles. The smallest absolute Gasteiger partial charge is 0.233 e. The van der Waals surface area contributed by atoms with Crippen LogP contribution in [-0.2, 0) is 0 Å². The molecule has 6 heteroatoms. The minimum Gasteiger partial charge on any atom is -0.352 e. The van der Waals surface area contributed by atoms with Crippen molar-refractivity contribution in [1.82, 2.24) is 15.0 Å². The average molecular weight is 403 g/mol. The van der Waals surface area contributed by atoms with Crippen molar-refractivity contribution in [1.29, 1.82) is 0 Å². The molecule has 3 N–H and O–H groups in total. The Hall–Kier alpha value is -3.41. The van der Waals surface area contributed by atoms with E-state index < -0.39 is 0 Å². The highest BCUT2D eigenvalue weighted by Gasteiger charge is 2.10. The molecule has 0 fully saturated rings.